The molecule has 0 aliphatic carbocycles. The summed E-state index contributed by atoms with van der Waals surface area (Å²) in [4.78, 5) is 0. The van der Waals surface area contributed by atoms with E-state index in [9.17, 15) is 0 Å². The van der Waals surface area contributed by atoms with Gasteiger partial charge in [0.25, 0.3) is 0 Å². The topological polar surface area (TPSA) is 0 Å². The van der Waals surface area contributed by atoms with E-state index in [1.54, 1.807) is 0 Å². The molecule has 0 heterocycles. The van der Waals surface area contributed by atoms with E-state index in [1.807, 2.05) is 0 Å². The van der Waals surface area contributed by atoms with Crippen LogP contribution in [0.15, 0.2) is 0 Å². The maximum atomic E-state index is 2.42. The molecule has 0 amide bonds. The van der Waals surface area contributed by atoms with Gasteiger partial charge in [0.05, 0.1) is 0 Å². The van der Waals surface area contributed by atoms with E-state index < -0.39 is 0 Å². The smallest absolute Gasteiger partial charge is 0.0417 e. The molecule has 0 rings (SSSR count). The lowest BCUT2D eigenvalue weighted by molar-refractivity contribution is 0.392. The van der Waals surface area contributed by atoms with Crippen molar-refractivity contribution in [3.05, 3.63) is 0 Å². The van der Waals surface area contributed by atoms with E-state index in [4.69, 9.17) is 0 Å². The SMILES string of the molecule is CCCCCCCCCCCCCCC(CC)CCCCCCCCCCCCCC. The lowest BCUT2D eigenvalue weighted by Crippen LogP contribution is -1.99. The first-order valence-corrected chi connectivity index (χ1v) is 15.3. The number of hydrogen-bond acceptors (Lipinski definition) is 0. The van der Waals surface area contributed by atoms with E-state index >= 15 is 0 Å². The van der Waals surface area contributed by atoms with Crippen LogP contribution in [0, 0.1) is 5.92 Å². The quantitative estimate of drug-likeness (QED) is 0.112. The maximum absolute atomic E-state index is 2.42. The summed E-state index contributed by atoms with van der Waals surface area (Å²) >= 11 is 0. The van der Waals surface area contributed by atoms with E-state index in [-0.39, 0.29) is 0 Å². The Morgan fingerprint density at radius 2 is 0.516 bits per heavy atom. The van der Waals surface area contributed by atoms with Crippen molar-refractivity contribution in [1.82, 2.24) is 0 Å². The van der Waals surface area contributed by atoms with E-state index in [2.05, 4.69) is 20.8 Å². The molecule has 0 bridgehead atoms. The summed E-state index contributed by atoms with van der Waals surface area (Å²) < 4.78 is 0. The van der Waals surface area contributed by atoms with Crippen molar-refractivity contribution >= 4 is 0 Å². The van der Waals surface area contributed by atoms with Gasteiger partial charge < -0.3 is 0 Å². The molecular weight excluding hydrogens is 372 g/mol. The van der Waals surface area contributed by atoms with Gasteiger partial charge in [-0.25, -0.2) is 0 Å². The second-order valence-corrected chi connectivity index (χ2v) is 10.6. The number of hydrogen-bond donors (Lipinski definition) is 0. The third kappa shape index (κ3) is 26.1. The zero-order valence-corrected chi connectivity index (χ0v) is 22.7. The van der Waals surface area contributed by atoms with Gasteiger partial charge in [-0.1, -0.05) is 194 Å². The minimum Gasteiger partial charge on any atom is -0.0654 e. The van der Waals surface area contributed by atoms with Crippen molar-refractivity contribution in [2.75, 3.05) is 0 Å². The molecule has 31 heavy (non-hydrogen) atoms. The first kappa shape index (κ1) is 31.0. The first-order chi connectivity index (χ1) is 15.3. The van der Waals surface area contributed by atoms with Gasteiger partial charge in [-0.2, -0.15) is 0 Å². The molecule has 0 spiro atoms. The fraction of sp³-hybridized carbons (Fsp3) is 1.00. The summed E-state index contributed by atoms with van der Waals surface area (Å²) in [5, 5.41) is 0. The highest BCUT2D eigenvalue weighted by molar-refractivity contribution is 4.59. The summed E-state index contributed by atoms with van der Waals surface area (Å²) in [5.41, 5.74) is 0. The van der Waals surface area contributed by atoms with E-state index in [1.165, 1.54) is 173 Å². The molecule has 0 unspecified atom stereocenters. The van der Waals surface area contributed by atoms with Crippen LogP contribution in [-0.4, -0.2) is 0 Å². The molecule has 0 aliphatic heterocycles. The molecule has 0 aromatic heterocycles. The highest BCUT2D eigenvalue weighted by atomic mass is 14.1. The standard InChI is InChI=1S/C31H64/c1-4-7-9-11-13-15-17-19-21-23-25-27-29-31(6-3)30-28-26-24-22-20-18-16-14-12-10-8-5-2/h31H,4-30H2,1-3H3. The Labute approximate surface area is 200 Å². The molecule has 0 nitrogen and oxygen atoms in total. The van der Waals surface area contributed by atoms with Gasteiger partial charge in [0, 0.05) is 0 Å². The maximum Gasteiger partial charge on any atom is -0.0417 e. The normalized spacial score (nSPS) is 11.6. The van der Waals surface area contributed by atoms with Gasteiger partial charge in [0.2, 0.25) is 0 Å². The molecule has 0 atom stereocenters. The molecular formula is C31H64. The van der Waals surface area contributed by atoms with Crippen molar-refractivity contribution in [3.8, 4) is 0 Å². The highest BCUT2D eigenvalue weighted by Crippen LogP contribution is 2.22. The lowest BCUT2D eigenvalue weighted by Gasteiger charge is -2.14. The second kappa shape index (κ2) is 28.0. The van der Waals surface area contributed by atoms with E-state index in [0.717, 1.165) is 5.92 Å². The summed E-state index contributed by atoms with van der Waals surface area (Å²) in [7, 11) is 0. The predicted octanol–water partition coefficient (Wildman–Crippen LogP) is 12.2. The van der Waals surface area contributed by atoms with Crippen LogP contribution in [-0.2, 0) is 0 Å². The predicted molar refractivity (Wildman–Crippen MR) is 145 cm³/mol. The van der Waals surface area contributed by atoms with E-state index in [0.29, 0.717) is 0 Å². The van der Waals surface area contributed by atoms with Crippen molar-refractivity contribution in [2.45, 2.75) is 194 Å². The van der Waals surface area contributed by atoms with Crippen LogP contribution >= 0.6 is 0 Å². The van der Waals surface area contributed by atoms with Crippen LogP contribution in [0.4, 0.5) is 0 Å². The number of unbranched alkanes of at least 4 members (excludes halogenated alkanes) is 22. The molecule has 0 saturated carbocycles. The summed E-state index contributed by atoms with van der Waals surface area (Å²) in [6.07, 6.45) is 39.8. The Balaban J connectivity index is 3.26. The zero-order chi connectivity index (χ0) is 22.7. The van der Waals surface area contributed by atoms with Crippen LogP contribution in [0.3, 0.4) is 0 Å². The van der Waals surface area contributed by atoms with Gasteiger partial charge in [0.15, 0.2) is 0 Å². The van der Waals surface area contributed by atoms with Crippen LogP contribution in [0.25, 0.3) is 0 Å². The second-order valence-electron chi connectivity index (χ2n) is 10.6. The molecule has 0 heteroatoms. The van der Waals surface area contributed by atoms with Crippen molar-refractivity contribution in [2.24, 2.45) is 5.92 Å². The van der Waals surface area contributed by atoms with Crippen molar-refractivity contribution in [3.63, 3.8) is 0 Å². The fourth-order valence-electron chi connectivity index (χ4n) is 5.10. The molecule has 0 radical (unpaired) electrons. The first-order valence-electron chi connectivity index (χ1n) is 15.3. The molecule has 0 N–H and O–H groups in total. The third-order valence-electron chi connectivity index (χ3n) is 7.51. The third-order valence-corrected chi connectivity index (χ3v) is 7.51. The Hall–Kier alpha value is 0. The molecule has 188 valence electrons. The summed E-state index contributed by atoms with van der Waals surface area (Å²) in [5.74, 6) is 1.02. The van der Waals surface area contributed by atoms with Crippen molar-refractivity contribution in [1.29, 1.82) is 0 Å². The summed E-state index contributed by atoms with van der Waals surface area (Å²) in [6, 6.07) is 0. The average molecular weight is 437 g/mol. The van der Waals surface area contributed by atoms with Gasteiger partial charge in [-0.15, -0.1) is 0 Å². The van der Waals surface area contributed by atoms with Crippen LogP contribution in [0.1, 0.15) is 194 Å². The fourth-order valence-corrected chi connectivity index (χ4v) is 5.10. The molecule has 0 saturated heterocycles. The molecule has 0 aromatic rings. The van der Waals surface area contributed by atoms with Gasteiger partial charge in [-0.3, -0.25) is 0 Å². The molecule has 0 aromatic carbocycles. The summed E-state index contributed by atoms with van der Waals surface area (Å²) in [6.45, 7) is 7.04. The van der Waals surface area contributed by atoms with Crippen LogP contribution < -0.4 is 0 Å². The Kier molecular flexibility index (Phi) is 28.0. The highest BCUT2D eigenvalue weighted by Gasteiger charge is 2.06. The average Bonchev–Trinajstić information content (AvgIpc) is 2.79. The Morgan fingerprint density at radius 1 is 0.290 bits per heavy atom. The number of rotatable bonds is 27. The minimum absolute atomic E-state index is 1.02. The Bertz CT molecular complexity index is 266. The van der Waals surface area contributed by atoms with Crippen LogP contribution in [0.2, 0.25) is 0 Å². The minimum atomic E-state index is 1.02. The molecule has 0 aliphatic rings. The van der Waals surface area contributed by atoms with Gasteiger partial charge in [0.1, 0.15) is 0 Å². The molecule has 0 fully saturated rings. The zero-order valence-electron chi connectivity index (χ0n) is 22.7. The van der Waals surface area contributed by atoms with Gasteiger partial charge in [-0.05, 0) is 5.92 Å². The Morgan fingerprint density at radius 3 is 0.742 bits per heavy atom. The van der Waals surface area contributed by atoms with Gasteiger partial charge >= 0.3 is 0 Å². The lowest BCUT2D eigenvalue weighted by atomic mass is 9.92. The van der Waals surface area contributed by atoms with Crippen LogP contribution in [0.5, 0.6) is 0 Å². The van der Waals surface area contributed by atoms with Crippen molar-refractivity contribution < 1.29 is 0 Å². The largest absolute Gasteiger partial charge is 0.0654 e. The monoisotopic (exact) mass is 437 g/mol.